The predicted molar refractivity (Wildman–Crippen MR) is 92.7 cm³/mol. The lowest BCUT2D eigenvalue weighted by molar-refractivity contribution is -0.384. The van der Waals surface area contributed by atoms with Crippen molar-refractivity contribution < 1.29 is 19.2 Å². The van der Waals surface area contributed by atoms with Crippen LogP contribution in [0, 0.1) is 10.1 Å². The molecule has 130 valence electrons. The minimum atomic E-state index is -0.546. The van der Waals surface area contributed by atoms with Crippen molar-refractivity contribution in [1.82, 2.24) is 0 Å². The number of methoxy groups -OCH3 is 1. The second kappa shape index (κ2) is 7.91. The van der Waals surface area contributed by atoms with Gasteiger partial charge >= 0.3 is 0 Å². The molecule has 0 aliphatic rings. The fraction of sp³-hybridized carbons (Fsp3) is 0.176. The molecule has 0 unspecified atom stereocenters. The average molecular weight is 343 g/mol. The Labute approximate surface area is 144 Å². The fourth-order valence-electron chi connectivity index (χ4n) is 2.20. The van der Waals surface area contributed by atoms with Gasteiger partial charge in [-0.05, 0) is 23.8 Å². The zero-order valence-electron chi connectivity index (χ0n) is 13.7. The number of hydrogen-bond acceptors (Lipinski definition) is 5. The van der Waals surface area contributed by atoms with Gasteiger partial charge in [0.15, 0.2) is 0 Å². The minimum Gasteiger partial charge on any atom is -0.495 e. The van der Waals surface area contributed by atoms with Crippen LogP contribution in [0.3, 0.4) is 0 Å². The third-order valence-corrected chi connectivity index (χ3v) is 3.31. The molecule has 8 heteroatoms. The summed E-state index contributed by atoms with van der Waals surface area (Å²) >= 11 is 0. The average Bonchev–Trinajstić information content (AvgIpc) is 2.56. The Morgan fingerprint density at radius 1 is 1.12 bits per heavy atom. The van der Waals surface area contributed by atoms with Gasteiger partial charge in [-0.15, -0.1) is 0 Å². The molecular formula is C17H17N3O5. The Morgan fingerprint density at radius 3 is 2.36 bits per heavy atom. The van der Waals surface area contributed by atoms with Crippen molar-refractivity contribution in [2.75, 3.05) is 17.7 Å². The van der Waals surface area contributed by atoms with Crippen LogP contribution in [-0.2, 0) is 16.0 Å². The molecule has 0 aliphatic carbocycles. The summed E-state index contributed by atoms with van der Waals surface area (Å²) in [5.41, 5.74) is 1.46. The van der Waals surface area contributed by atoms with E-state index in [4.69, 9.17) is 4.74 Å². The van der Waals surface area contributed by atoms with Crippen LogP contribution in [0.1, 0.15) is 12.5 Å². The van der Waals surface area contributed by atoms with Crippen molar-refractivity contribution in [3.05, 3.63) is 58.1 Å². The van der Waals surface area contributed by atoms with Gasteiger partial charge in [-0.2, -0.15) is 0 Å². The quantitative estimate of drug-likeness (QED) is 0.619. The smallest absolute Gasteiger partial charge is 0.271 e. The summed E-state index contributed by atoms with van der Waals surface area (Å²) < 4.78 is 5.11. The van der Waals surface area contributed by atoms with E-state index in [1.54, 1.807) is 24.3 Å². The van der Waals surface area contributed by atoms with Crippen LogP contribution >= 0.6 is 0 Å². The highest BCUT2D eigenvalue weighted by Crippen LogP contribution is 2.29. The molecule has 0 atom stereocenters. The standard InChI is InChI=1S/C17H17N3O5/c1-11(21)18-13-5-3-12(4-6-13)9-17(22)19-15-10-14(20(23)24)7-8-16(15)25-2/h3-8,10H,9H2,1-2H3,(H,18,21)(H,19,22). The lowest BCUT2D eigenvalue weighted by Crippen LogP contribution is -2.15. The van der Waals surface area contributed by atoms with Gasteiger partial charge in [0, 0.05) is 24.7 Å². The Bertz CT molecular complexity index is 802. The SMILES string of the molecule is COc1ccc([N+](=O)[O-])cc1NC(=O)Cc1ccc(NC(C)=O)cc1. The first kappa shape index (κ1) is 17.9. The summed E-state index contributed by atoms with van der Waals surface area (Å²) in [5.74, 6) is -0.186. The molecule has 0 saturated carbocycles. The van der Waals surface area contributed by atoms with Crippen molar-refractivity contribution in [2.24, 2.45) is 0 Å². The largest absolute Gasteiger partial charge is 0.495 e. The van der Waals surface area contributed by atoms with Gasteiger partial charge in [-0.1, -0.05) is 12.1 Å². The van der Waals surface area contributed by atoms with Crippen molar-refractivity contribution >= 4 is 28.9 Å². The first-order valence-corrected chi connectivity index (χ1v) is 7.38. The van der Waals surface area contributed by atoms with E-state index in [0.717, 1.165) is 5.56 Å². The van der Waals surface area contributed by atoms with Crippen molar-refractivity contribution in [2.45, 2.75) is 13.3 Å². The number of nitro benzene ring substituents is 1. The molecule has 0 fully saturated rings. The second-order valence-corrected chi connectivity index (χ2v) is 5.24. The summed E-state index contributed by atoms with van der Waals surface area (Å²) in [6.07, 6.45) is 0.0756. The maximum Gasteiger partial charge on any atom is 0.271 e. The van der Waals surface area contributed by atoms with E-state index < -0.39 is 4.92 Å². The Hall–Kier alpha value is -3.42. The number of nitrogens with one attached hydrogen (secondary N) is 2. The first-order valence-electron chi connectivity index (χ1n) is 7.38. The van der Waals surface area contributed by atoms with Gasteiger partial charge in [0.25, 0.3) is 5.69 Å². The topological polar surface area (TPSA) is 111 Å². The number of ether oxygens (including phenoxy) is 1. The molecule has 0 spiro atoms. The van der Waals surface area contributed by atoms with Crippen molar-refractivity contribution in [1.29, 1.82) is 0 Å². The van der Waals surface area contributed by atoms with E-state index in [2.05, 4.69) is 10.6 Å². The van der Waals surface area contributed by atoms with Crippen LogP contribution in [0.15, 0.2) is 42.5 Å². The van der Waals surface area contributed by atoms with E-state index in [9.17, 15) is 19.7 Å². The van der Waals surface area contributed by atoms with Gasteiger partial charge < -0.3 is 15.4 Å². The van der Waals surface area contributed by atoms with E-state index in [1.807, 2.05) is 0 Å². The molecule has 2 aromatic rings. The highest BCUT2D eigenvalue weighted by atomic mass is 16.6. The van der Waals surface area contributed by atoms with Crippen LogP contribution in [0.5, 0.6) is 5.75 Å². The molecule has 0 aliphatic heterocycles. The molecule has 2 rings (SSSR count). The third-order valence-electron chi connectivity index (χ3n) is 3.31. The zero-order valence-corrected chi connectivity index (χ0v) is 13.7. The number of nitrogens with zero attached hydrogens (tertiary/aromatic N) is 1. The second-order valence-electron chi connectivity index (χ2n) is 5.24. The maximum atomic E-state index is 12.2. The molecule has 25 heavy (non-hydrogen) atoms. The van der Waals surface area contributed by atoms with E-state index in [-0.39, 0.29) is 29.6 Å². The predicted octanol–water partition coefficient (Wildman–Crippen LogP) is 2.74. The summed E-state index contributed by atoms with van der Waals surface area (Å²) in [4.78, 5) is 33.5. The molecular weight excluding hydrogens is 326 g/mol. The van der Waals surface area contributed by atoms with E-state index in [0.29, 0.717) is 11.4 Å². The molecule has 2 amide bonds. The summed E-state index contributed by atoms with van der Waals surface area (Å²) in [6, 6.07) is 10.8. The first-order chi connectivity index (χ1) is 11.9. The number of nitro groups is 1. The Kier molecular flexibility index (Phi) is 5.67. The van der Waals surface area contributed by atoms with Crippen molar-refractivity contribution in [3.8, 4) is 5.75 Å². The van der Waals surface area contributed by atoms with Gasteiger partial charge in [-0.25, -0.2) is 0 Å². The third kappa shape index (κ3) is 5.03. The number of anilines is 2. The summed E-state index contributed by atoms with van der Waals surface area (Å²) in [5, 5.41) is 16.1. The van der Waals surface area contributed by atoms with Gasteiger partial charge in [0.2, 0.25) is 11.8 Å². The van der Waals surface area contributed by atoms with Gasteiger partial charge in [0.1, 0.15) is 5.75 Å². The zero-order chi connectivity index (χ0) is 18.4. The lowest BCUT2D eigenvalue weighted by Gasteiger charge is -2.10. The van der Waals surface area contributed by atoms with Crippen LogP contribution < -0.4 is 15.4 Å². The number of amides is 2. The minimum absolute atomic E-state index is 0.0756. The number of non-ortho nitro benzene ring substituents is 1. The number of carbonyl (C=O) groups is 2. The highest BCUT2D eigenvalue weighted by molar-refractivity contribution is 5.94. The van der Waals surface area contributed by atoms with Crippen LogP contribution in [-0.4, -0.2) is 23.8 Å². The fourth-order valence-corrected chi connectivity index (χ4v) is 2.20. The molecule has 0 saturated heterocycles. The Morgan fingerprint density at radius 2 is 1.80 bits per heavy atom. The normalized spacial score (nSPS) is 10.0. The van der Waals surface area contributed by atoms with Crippen LogP contribution in [0.25, 0.3) is 0 Å². The van der Waals surface area contributed by atoms with Crippen LogP contribution in [0.4, 0.5) is 17.1 Å². The molecule has 2 N–H and O–H groups in total. The molecule has 8 nitrogen and oxygen atoms in total. The molecule has 0 aromatic heterocycles. The summed E-state index contributed by atoms with van der Waals surface area (Å²) in [6.45, 7) is 1.41. The monoisotopic (exact) mass is 343 g/mol. The lowest BCUT2D eigenvalue weighted by atomic mass is 10.1. The molecule has 2 aromatic carbocycles. The number of rotatable bonds is 6. The molecule has 0 heterocycles. The number of carbonyl (C=O) groups excluding carboxylic acids is 2. The van der Waals surface area contributed by atoms with Crippen molar-refractivity contribution in [3.63, 3.8) is 0 Å². The number of benzene rings is 2. The Balaban J connectivity index is 2.08. The maximum absolute atomic E-state index is 12.2. The summed E-state index contributed by atoms with van der Waals surface area (Å²) in [7, 11) is 1.41. The van der Waals surface area contributed by atoms with Gasteiger partial charge in [-0.3, -0.25) is 19.7 Å². The van der Waals surface area contributed by atoms with Crippen LogP contribution in [0.2, 0.25) is 0 Å². The van der Waals surface area contributed by atoms with E-state index >= 15 is 0 Å². The molecule has 0 bridgehead atoms. The molecule has 0 radical (unpaired) electrons. The van der Waals surface area contributed by atoms with Gasteiger partial charge in [0.05, 0.1) is 24.1 Å². The highest BCUT2D eigenvalue weighted by Gasteiger charge is 2.14. The van der Waals surface area contributed by atoms with E-state index in [1.165, 1.54) is 32.2 Å². The number of hydrogen-bond donors (Lipinski definition) is 2.